The smallest absolute Gasteiger partial charge is 0.310 e. The molecule has 18 heavy (non-hydrogen) atoms. The molecule has 4 heteroatoms. The fourth-order valence-electron chi connectivity index (χ4n) is 1.41. The summed E-state index contributed by atoms with van der Waals surface area (Å²) in [6.45, 7) is 7.09. The van der Waals surface area contributed by atoms with Crippen molar-refractivity contribution in [3.05, 3.63) is 28.2 Å². The third-order valence-electron chi connectivity index (χ3n) is 2.22. The minimum absolute atomic E-state index is 0.208. The van der Waals surface area contributed by atoms with E-state index in [1.54, 1.807) is 6.92 Å². The normalized spacial score (nSPS) is 10.5. The topological polar surface area (TPSA) is 35.5 Å². The van der Waals surface area contributed by atoms with E-state index in [2.05, 4.69) is 29.8 Å². The van der Waals surface area contributed by atoms with Gasteiger partial charge in [-0.15, -0.1) is 0 Å². The monoisotopic (exact) mass is 314 g/mol. The number of carbonyl (C=O) groups excluding carboxylic acids is 1. The summed E-state index contributed by atoms with van der Waals surface area (Å²) < 4.78 is 11.4. The molecule has 0 heterocycles. The fraction of sp³-hybridized carbons (Fsp3) is 0.500. The number of hydrogen-bond donors (Lipinski definition) is 0. The number of ether oxygens (including phenoxy) is 2. The van der Waals surface area contributed by atoms with Gasteiger partial charge in [-0.2, -0.15) is 0 Å². The number of rotatable bonds is 6. The first-order valence-corrected chi connectivity index (χ1v) is 6.89. The zero-order chi connectivity index (χ0) is 13.5. The van der Waals surface area contributed by atoms with Crippen LogP contribution in [0.2, 0.25) is 0 Å². The first kappa shape index (κ1) is 15.0. The second kappa shape index (κ2) is 7.41. The molecule has 0 saturated carbocycles. The Balaban J connectivity index is 2.64. The van der Waals surface area contributed by atoms with Gasteiger partial charge in [0.25, 0.3) is 0 Å². The minimum Gasteiger partial charge on any atom is -0.492 e. The van der Waals surface area contributed by atoms with Crippen molar-refractivity contribution in [3.8, 4) is 5.75 Å². The third-order valence-corrected chi connectivity index (χ3v) is 2.84. The Bertz CT molecular complexity index is 402. The summed E-state index contributed by atoms with van der Waals surface area (Å²) in [5, 5.41) is 0. The molecule has 3 nitrogen and oxygen atoms in total. The standard InChI is InChI=1S/C14H19BrO3/c1-4-17-14(16)8-11-5-6-13(12(15)7-11)18-9-10(2)3/h5-7,10H,4,8-9H2,1-3H3. The van der Waals surface area contributed by atoms with E-state index in [1.165, 1.54) is 0 Å². The van der Waals surface area contributed by atoms with Gasteiger partial charge in [-0.05, 0) is 46.5 Å². The molecule has 1 aromatic carbocycles. The summed E-state index contributed by atoms with van der Waals surface area (Å²) in [7, 11) is 0. The van der Waals surface area contributed by atoms with Crippen LogP contribution in [0.25, 0.3) is 0 Å². The number of hydrogen-bond acceptors (Lipinski definition) is 3. The number of esters is 1. The van der Waals surface area contributed by atoms with Crippen LogP contribution < -0.4 is 4.74 Å². The van der Waals surface area contributed by atoms with Crippen molar-refractivity contribution in [3.63, 3.8) is 0 Å². The summed E-state index contributed by atoms with van der Waals surface area (Å²) in [6.07, 6.45) is 0.289. The summed E-state index contributed by atoms with van der Waals surface area (Å²) in [4.78, 5) is 11.4. The Morgan fingerprint density at radius 3 is 2.67 bits per heavy atom. The average molecular weight is 315 g/mol. The van der Waals surface area contributed by atoms with E-state index in [1.807, 2.05) is 18.2 Å². The van der Waals surface area contributed by atoms with Crippen molar-refractivity contribution < 1.29 is 14.3 Å². The highest BCUT2D eigenvalue weighted by molar-refractivity contribution is 9.10. The molecule has 0 atom stereocenters. The Hall–Kier alpha value is -1.03. The van der Waals surface area contributed by atoms with Gasteiger partial charge in [0.1, 0.15) is 5.75 Å². The molecule has 100 valence electrons. The predicted molar refractivity (Wildman–Crippen MR) is 74.8 cm³/mol. The van der Waals surface area contributed by atoms with E-state index in [0.717, 1.165) is 15.8 Å². The third kappa shape index (κ3) is 5.08. The lowest BCUT2D eigenvalue weighted by Gasteiger charge is -2.11. The van der Waals surface area contributed by atoms with Crippen LogP contribution in [0.1, 0.15) is 26.3 Å². The molecule has 0 spiro atoms. The van der Waals surface area contributed by atoms with Crippen molar-refractivity contribution >= 4 is 21.9 Å². The summed E-state index contributed by atoms with van der Waals surface area (Å²) in [6, 6.07) is 5.66. The van der Waals surface area contributed by atoms with Crippen LogP contribution in [0.5, 0.6) is 5.75 Å². The number of benzene rings is 1. The zero-order valence-electron chi connectivity index (χ0n) is 11.0. The summed E-state index contributed by atoms with van der Waals surface area (Å²) in [5.41, 5.74) is 0.914. The van der Waals surface area contributed by atoms with Crippen LogP contribution in [-0.4, -0.2) is 19.2 Å². The van der Waals surface area contributed by atoms with Crippen molar-refractivity contribution in [2.24, 2.45) is 5.92 Å². The van der Waals surface area contributed by atoms with E-state index >= 15 is 0 Å². The SMILES string of the molecule is CCOC(=O)Cc1ccc(OCC(C)C)c(Br)c1. The highest BCUT2D eigenvalue weighted by atomic mass is 79.9. The van der Waals surface area contributed by atoms with E-state index in [4.69, 9.17) is 9.47 Å². The molecular weight excluding hydrogens is 296 g/mol. The van der Waals surface area contributed by atoms with Crippen LogP contribution in [0.3, 0.4) is 0 Å². The minimum atomic E-state index is -0.208. The van der Waals surface area contributed by atoms with Gasteiger partial charge in [-0.25, -0.2) is 0 Å². The Morgan fingerprint density at radius 1 is 1.39 bits per heavy atom. The maximum absolute atomic E-state index is 11.4. The van der Waals surface area contributed by atoms with Crippen LogP contribution >= 0.6 is 15.9 Å². The van der Waals surface area contributed by atoms with Crippen molar-refractivity contribution in [1.82, 2.24) is 0 Å². The molecule has 0 aliphatic heterocycles. The molecule has 0 N–H and O–H groups in total. The van der Waals surface area contributed by atoms with E-state index in [9.17, 15) is 4.79 Å². The highest BCUT2D eigenvalue weighted by Gasteiger charge is 2.08. The Kier molecular flexibility index (Phi) is 6.19. The summed E-state index contributed by atoms with van der Waals surface area (Å²) in [5.74, 6) is 1.08. The first-order chi connectivity index (χ1) is 8.52. The molecule has 0 aromatic heterocycles. The molecular formula is C14H19BrO3. The molecule has 0 unspecified atom stereocenters. The van der Waals surface area contributed by atoms with Gasteiger partial charge in [0, 0.05) is 0 Å². The molecule has 0 saturated heterocycles. The quantitative estimate of drug-likeness (QED) is 0.753. The van der Waals surface area contributed by atoms with E-state index < -0.39 is 0 Å². The van der Waals surface area contributed by atoms with Gasteiger partial charge in [-0.1, -0.05) is 19.9 Å². The molecule has 1 aromatic rings. The van der Waals surface area contributed by atoms with Crippen molar-refractivity contribution in [2.75, 3.05) is 13.2 Å². The second-order valence-electron chi connectivity index (χ2n) is 4.45. The van der Waals surface area contributed by atoms with E-state index in [-0.39, 0.29) is 12.4 Å². The number of carbonyl (C=O) groups is 1. The van der Waals surface area contributed by atoms with Gasteiger partial charge in [0.05, 0.1) is 24.1 Å². The van der Waals surface area contributed by atoms with E-state index in [0.29, 0.717) is 19.1 Å². The summed E-state index contributed by atoms with van der Waals surface area (Å²) >= 11 is 3.45. The van der Waals surface area contributed by atoms with Crippen LogP contribution in [0.4, 0.5) is 0 Å². The molecule has 0 bridgehead atoms. The number of halogens is 1. The van der Waals surface area contributed by atoms with Gasteiger partial charge >= 0.3 is 5.97 Å². The second-order valence-corrected chi connectivity index (χ2v) is 5.31. The van der Waals surface area contributed by atoms with Crippen molar-refractivity contribution in [1.29, 1.82) is 0 Å². The van der Waals surface area contributed by atoms with Gasteiger partial charge in [-0.3, -0.25) is 4.79 Å². The maximum Gasteiger partial charge on any atom is 0.310 e. The zero-order valence-corrected chi connectivity index (χ0v) is 12.6. The Morgan fingerprint density at radius 2 is 2.11 bits per heavy atom. The molecule has 0 radical (unpaired) electrons. The van der Waals surface area contributed by atoms with Gasteiger partial charge < -0.3 is 9.47 Å². The molecule has 1 rings (SSSR count). The lowest BCUT2D eigenvalue weighted by atomic mass is 10.1. The van der Waals surface area contributed by atoms with Gasteiger partial charge in [0.2, 0.25) is 0 Å². The first-order valence-electron chi connectivity index (χ1n) is 6.09. The Labute approximate surface area is 117 Å². The fourth-order valence-corrected chi connectivity index (χ4v) is 1.95. The molecule has 0 fully saturated rings. The van der Waals surface area contributed by atoms with Gasteiger partial charge in [0.15, 0.2) is 0 Å². The lowest BCUT2D eigenvalue weighted by Crippen LogP contribution is -2.08. The van der Waals surface area contributed by atoms with Crippen LogP contribution in [0, 0.1) is 5.92 Å². The van der Waals surface area contributed by atoms with Crippen LogP contribution in [0.15, 0.2) is 22.7 Å². The average Bonchev–Trinajstić information content (AvgIpc) is 2.28. The largest absolute Gasteiger partial charge is 0.492 e. The lowest BCUT2D eigenvalue weighted by molar-refractivity contribution is -0.142. The predicted octanol–water partition coefficient (Wildman–Crippen LogP) is 3.59. The molecule has 0 aliphatic carbocycles. The highest BCUT2D eigenvalue weighted by Crippen LogP contribution is 2.26. The van der Waals surface area contributed by atoms with Crippen LogP contribution in [-0.2, 0) is 16.0 Å². The van der Waals surface area contributed by atoms with Crippen molar-refractivity contribution in [2.45, 2.75) is 27.2 Å². The molecule has 0 aliphatic rings. The molecule has 0 amide bonds. The maximum atomic E-state index is 11.4.